The molecule has 0 N–H and O–H groups in total. The summed E-state index contributed by atoms with van der Waals surface area (Å²) >= 11 is 5.92. The van der Waals surface area contributed by atoms with Crippen LogP contribution in [0, 0.1) is 11.3 Å². The third-order valence-electron chi connectivity index (χ3n) is 1.65. The average molecular weight is 181 g/mol. The van der Waals surface area contributed by atoms with E-state index in [9.17, 15) is 0 Å². The van der Waals surface area contributed by atoms with Gasteiger partial charge in [0.1, 0.15) is 6.07 Å². The van der Waals surface area contributed by atoms with Crippen molar-refractivity contribution < 1.29 is 0 Å². The molecular formula is C9H9ClN2. The first kappa shape index (κ1) is 9.02. The average Bonchev–Trinajstić information content (AvgIpc) is 2.04. The highest BCUT2D eigenvalue weighted by atomic mass is 35.5. The molecule has 3 heteroatoms. The second kappa shape index (κ2) is 3.55. The van der Waals surface area contributed by atoms with Gasteiger partial charge in [0.15, 0.2) is 5.69 Å². The predicted molar refractivity (Wildman–Crippen MR) is 48.1 cm³/mol. The molecule has 0 radical (unpaired) electrons. The largest absolute Gasteiger partial charge is 0.244 e. The molecule has 0 aliphatic carbocycles. The number of hydrogen-bond donors (Lipinski definition) is 0. The summed E-state index contributed by atoms with van der Waals surface area (Å²) in [5.74, 6) is 0.326. The van der Waals surface area contributed by atoms with E-state index in [1.807, 2.05) is 26.0 Å². The summed E-state index contributed by atoms with van der Waals surface area (Å²) in [6, 6.07) is 3.79. The Bertz CT molecular complexity index is 326. The van der Waals surface area contributed by atoms with Crippen LogP contribution in [-0.2, 0) is 0 Å². The summed E-state index contributed by atoms with van der Waals surface area (Å²) in [6.45, 7) is 4.06. The van der Waals surface area contributed by atoms with Crippen LogP contribution in [0.4, 0.5) is 0 Å². The van der Waals surface area contributed by atoms with E-state index in [1.54, 1.807) is 6.20 Å². The molecule has 12 heavy (non-hydrogen) atoms. The highest BCUT2D eigenvalue weighted by Gasteiger charge is 2.08. The van der Waals surface area contributed by atoms with E-state index in [0.717, 1.165) is 5.56 Å². The Balaban J connectivity index is 3.25. The zero-order chi connectivity index (χ0) is 9.14. The number of halogens is 1. The molecule has 1 heterocycles. The van der Waals surface area contributed by atoms with E-state index in [4.69, 9.17) is 16.9 Å². The van der Waals surface area contributed by atoms with Crippen LogP contribution in [0.25, 0.3) is 0 Å². The van der Waals surface area contributed by atoms with Gasteiger partial charge in [-0.15, -0.1) is 0 Å². The van der Waals surface area contributed by atoms with Crippen molar-refractivity contribution >= 4 is 11.6 Å². The van der Waals surface area contributed by atoms with Crippen molar-refractivity contribution in [1.82, 2.24) is 4.98 Å². The maximum atomic E-state index is 8.63. The van der Waals surface area contributed by atoms with Crippen LogP contribution in [0.3, 0.4) is 0 Å². The van der Waals surface area contributed by atoms with Crippen molar-refractivity contribution in [2.45, 2.75) is 19.8 Å². The summed E-state index contributed by atoms with van der Waals surface area (Å²) in [7, 11) is 0. The third kappa shape index (κ3) is 1.57. The molecule has 1 aromatic heterocycles. The minimum absolute atomic E-state index is 0.308. The standard InChI is InChI=1S/C9H9ClN2/c1-6(2)7-3-4-12-8(5-11)9(7)10/h3-4,6H,1-2H3. The van der Waals surface area contributed by atoms with Crippen molar-refractivity contribution in [3.05, 3.63) is 28.5 Å². The van der Waals surface area contributed by atoms with Crippen molar-refractivity contribution in [3.8, 4) is 6.07 Å². The van der Waals surface area contributed by atoms with Gasteiger partial charge in [0.2, 0.25) is 0 Å². The zero-order valence-corrected chi connectivity index (χ0v) is 7.76. The molecule has 0 bridgehead atoms. The lowest BCUT2D eigenvalue weighted by Crippen LogP contribution is -1.93. The van der Waals surface area contributed by atoms with Gasteiger partial charge in [-0.3, -0.25) is 0 Å². The van der Waals surface area contributed by atoms with Gasteiger partial charge in [0.25, 0.3) is 0 Å². The molecule has 0 fully saturated rings. The van der Waals surface area contributed by atoms with Gasteiger partial charge < -0.3 is 0 Å². The number of pyridine rings is 1. The lowest BCUT2D eigenvalue weighted by molar-refractivity contribution is 0.862. The number of nitriles is 1. The zero-order valence-electron chi connectivity index (χ0n) is 7.00. The SMILES string of the molecule is CC(C)c1ccnc(C#N)c1Cl. The number of nitrogens with zero attached hydrogens (tertiary/aromatic N) is 2. The molecule has 0 aliphatic rings. The van der Waals surface area contributed by atoms with E-state index in [-0.39, 0.29) is 0 Å². The van der Waals surface area contributed by atoms with Crippen LogP contribution in [0.1, 0.15) is 31.0 Å². The van der Waals surface area contributed by atoms with Crippen molar-refractivity contribution in [3.63, 3.8) is 0 Å². The Morgan fingerprint density at radius 2 is 2.25 bits per heavy atom. The molecular weight excluding hydrogens is 172 g/mol. The van der Waals surface area contributed by atoms with Crippen LogP contribution in [-0.4, -0.2) is 4.98 Å². The molecule has 2 nitrogen and oxygen atoms in total. The fourth-order valence-corrected chi connectivity index (χ4v) is 1.35. The number of hydrogen-bond acceptors (Lipinski definition) is 2. The van der Waals surface area contributed by atoms with Crippen LogP contribution in [0.15, 0.2) is 12.3 Å². The maximum Gasteiger partial charge on any atom is 0.159 e. The van der Waals surface area contributed by atoms with Gasteiger partial charge in [0.05, 0.1) is 5.02 Å². The van der Waals surface area contributed by atoms with Crippen molar-refractivity contribution in [2.75, 3.05) is 0 Å². The summed E-state index contributed by atoms with van der Waals surface area (Å²) < 4.78 is 0. The van der Waals surface area contributed by atoms with E-state index < -0.39 is 0 Å². The van der Waals surface area contributed by atoms with Crippen LogP contribution in [0.5, 0.6) is 0 Å². The topological polar surface area (TPSA) is 36.7 Å². The number of rotatable bonds is 1. The predicted octanol–water partition coefficient (Wildman–Crippen LogP) is 2.73. The Labute approximate surface area is 76.8 Å². The van der Waals surface area contributed by atoms with Crippen LogP contribution >= 0.6 is 11.6 Å². The second-order valence-corrected chi connectivity index (χ2v) is 3.21. The van der Waals surface area contributed by atoms with Gasteiger partial charge in [0, 0.05) is 6.20 Å². The minimum atomic E-state index is 0.308. The Kier molecular flexibility index (Phi) is 2.67. The van der Waals surface area contributed by atoms with Gasteiger partial charge >= 0.3 is 0 Å². The molecule has 1 rings (SSSR count). The number of aromatic nitrogens is 1. The van der Waals surface area contributed by atoms with Crippen LogP contribution < -0.4 is 0 Å². The highest BCUT2D eigenvalue weighted by Crippen LogP contribution is 2.25. The molecule has 0 unspecified atom stereocenters. The second-order valence-electron chi connectivity index (χ2n) is 2.83. The fraction of sp³-hybridized carbons (Fsp3) is 0.333. The third-order valence-corrected chi connectivity index (χ3v) is 2.04. The first-order valence-corrected chi connectivity index (χ1v) is 4.09. The molecule has 0 aliphatic heterocycles. The van der Waals surface area contributed by atoms with E-state index in [0.29, 0.717) is 16.6 Å². The lowest BCUT2D eigenvalue weighted by Gasteiger charge is -2.07. The van der Waals surface area contributed by atoms with Crippen LogP contribution in [0.2, 0.25) is 5.02 Å². The van der Waals surface area contributed by atoms with Crippen molar-refractivity contribution in [2.24, 2.45) is 0 Å². The maximum absolute atomic E-state index is 8.63. The molecule has 1 aromatic rings. The first-order valence-electron chi connectivity index (χ1n) is 3.71. The minimum Gasteiger partial charge on any atom is -0.244 e. The highest BCUT2D eigenvalue weighted by molar-refractivity contribution is 6.32. The summed E-state index contributed by atoms with van der Waals surface area (Å²) in [5.41, 5.74) is 1.28. The molecule has 0 saturated heterocycles. The van der Waals surface area contributed by atoms with Gasteiger partial charge in [-0.1, -0.05) is 25.4 Å². The smallest absolute Gasteiger partial charge is 0.159 e. The van der Waals surface area contributed by atoms with Gasteiger partial charge in [-0.25, -0.2) is 4.98 Å². The normalized spacial score (nSPS) is 9.92. The summed E-state index contributed by atoms with van der Waals surface area (Å²) in [6.07, 6.45) is 1.61. The molecule has 0 amide bonds. The quantitative estimate of drug-likeness (QED) is 0.667. The van der Waals surface area contributed by atoms with Crippen molar-refractivity contribution in [1.29, 1.82) is 5.26 Å². The lowest BCUT2D eigenvalue weighted by atomic mass is 10.0. The molecule has 0 saturated carbocycles. The molecule has 0 atom stereocenters. The van der Waals surface area contributed by atoms with Gasteiger partial charge in [-0.2, -0.15) is 5.26 Å². The van der Waals surface area contributed by atoms with E-state index in [1.165, 1.54) is 0 Å². The monoisotopic (exact) mass is 180 g/mol. The Morgan fingerprint density at radius 3 is 2.75 bits per heavy atom. The van der Waals surface area contributed by atoms with Gasteiger partial charge in [-0.05, 0) is 17.5 Å². The molecule has 0 aromatic carbocycles. The molecule has 62 valence electrons. The van der Waals surface area contributed by atoms with E-state index >= 15 is 0 Å². The van der Waals surface area contributed by atoms with E-state index in [2.05, 4.69) is 4.98 Å². The fourth-order valence-electron chi connectivity index (χ4n) is 0.983. The Hall–Kier alpha value is -1.07. The Morgan fingerprint density at radius 1 is 1.58 bits per heavy atom. The summed E-state index contributed by atoms with van der Waals surface area (Å²) in [5, 5.41) is 9.11. The summed E-state index contributed by atoms with van der Waals surface area (Å²) in [4.78, 5) is 3.85. The molecule has 0 spiro atoms. The first-order chi connectivity index (χ1) is 5.66.